The van der Waals surface area contributed by atoms with Crippen molar-refractivity contribution in [2.24, 2.45) is 0 Å². The van der Waals surface area contributed by atoms with E-state index in [1.165, 1.54) is 12.1 Å². The lowest BCUT2D eigenvalue weighted by atomic mass is 10.1. The van der Waals surface area contributed by atoms with Crippen LogP contribution in [0, 0.1) is 5.82 Å². The minimum Gasteiger partial charge on any atom is -0.378 e. The number of hydrogen-bond acceptors (Lipinski definition) is 1. The molecular formula is C15H12BrF4N. The first-order valence-corrected chi connectivity index (χ1v) is 6.95. The van der Waals surface area contributed by atoms with Gasteiger partial charge < -0.3 is 5.32 Å². The third-order valence-electron chi connectivity index (χ3n) is 2.98. The van der Waals surface area contributed by atoms with Crippen molar-refractivity contribution in [2.45, 2.75) is 19.1 Å². The van der Waals surface area contributed by atoms with Crippen LogP contribution in [0.25, 0.3) is 0 Å². The highest BCUT2D eigenvalue weighted by Crippen LogP contribution is 2.34. The zero-order valence-corrected chi connectivity index (χ0v) is 12.6. The van der Waals surface area contributed by atoms with Gasteiger partial charge in [0.05, 0.1) is 11.6 Å². The van der Waals surface area contributed by atoms with E-state index in [-0.39, 0.29) is 5.69 Å². The van der Waals surface area contributed by atoms with Gasteiger partial charge in [-0.15, -0.1) is 0 Å². The molecule has 112 valence electrons. The predicted octanol–water partition coefficient (Wildman–Crippen LogP) is 5.78. The molecule has 0 aromatic heterocycles. The summed E-state index contributed by atoms with van der Waals surface area (Å²) < 4.78 is 52.3. The van der Waals surface area contributed by atoms with Gasteiger partial charge in [0, 0.05) is 15.7 Å². The van der Waals surface area contributed by atoms with E-state index < -0.39 is 23.6 Å². The first-order valence-electron chi connectivity index (χ1n) is 6.16. The molecule has 1 atom stereocenters. The smallest absolute Gasteiger partial charge is 0.378 e. The van der Waals surface area contributed by atoms with Crippen molar-refractivity contribution in [1.82, 2.24) is 0 Å². The van der Waals surface area contributed by atoms with E-state index in [4.69, 9.17) is 0 Å². The minimum atomic E-state index is -4.43. The molecule has 1 N–H and O–H groups in total. The van der Waals surface area contributed by atoms with Gasteiger partial charge in [-0.3, -0.25) is 0 Å². The van der Waals surface area contributed by atoms with Gasteiger partial charge in [-0.2, -0.15) is 13.2 Å². The molecule has 0 saturated carbocycles. The molecule has 1 unspecified atom stereocenters. The average Bonchev–Trinajstić information content (AvgIpc) is 2.37. The van der Waals surface area contributed by atoms with Gasteiger partial charge in [-0.1, -0.05) is 34.1 Å². The Labute approximate surface area is 128 Å². The van der Waals surface area contributed by atoms with Crippen LogP contribution in [0.2, 0.25) is 0 Å². The van der Waals surface area contributed by atoms with Crippen LogP contribution >= 0.6 is 15.9 Å². The second-order valence-electron chi connectivity index (χ2n) is 4.61. The highest BCUT2D eigenvalue weighted by atomic mass is 79.9. The van der Waals surface area contributed by atoms with E-state index in [9.17, 15) is 17.6 Å². The highest BCUT2D eigenvalue weighted by Gasteiger charge is 2.31. The molecule has 0 fully saturated rings. The molecule has 1 nitrogen and oxygen atoms in total. The summed E-state index contributed by atoms with van der Waals surface area (Å²) in [5, 5.41) is 2.88. The van der Waals surface area contributed by atoms with Crippen molar-refractivity contribution in [3.05, 3.63) is 63.9 Å². The van der Waals surface area contributed by atoms with E-state index in [0.717, 1.165) is 12.1 Å². The lowest BCUT2D eigenvalue weighted by Crippen LogP contribution is -2.10. The normalized spacial score (nSPS) is 13.0. The van der Waals surface area contributed by atoms with E-state index in [1.807, 2.05) is 0 Å². The molecule has 0 bridgehead atoms. The van der Waals surface area contributed by atoms with Crippen LogP contribution in [-0.2, 0) is 6.18 Å². The first-order chi connectivity index (χ1) is 9.77. The van der Waals surface area contributed by atoms with Crippen LogP contribution in [0.3, 0.4) is 0 Å². The van der Waals surface area contributed by atoms with Crippen LogP contribution in [0.4, 0.5) is 23.2 Å². The Morgan fingerprint density at radius 2 is 1.76 bits per heavy atom. The van der Waals surface area contributed by atoms with E-state index in [0.29, 0.717) is 10.0 Å². The molecule has 0 aliphatic rings. The summed E-state index contributed by atoms with van der Waals surface area (Å²) in [4.78, 5) is 0. The fourth-order valence-corrected chi connectivity index (χ4v) is 2.48. The number of alkyl halides is 3. The summed E-state index contributed by atoms with van der Waals surface area (Å²) in [5.74, 6) is -0.399. The molecular weight excluding hydrogens is 350 g/mol. The molecule has 0 amide bonds. The van der Waals surface area contributed by atoms with Gasteiger partial charge in [0.25, 0.3) is 0 Å². The number of anilines is 1. The van der Waals surface area contributed by atoms with E-state index >= 15 is 0 Å². The Morgan fingerprint density at radius 1 is 1.10 bits per heavy atom. The molecule has 0 heterocycles. The zero-order chi connectivity index (χ0) is 15.6. The molecule has 21 heavy (non-hydrogen) atoms. The van der Waals surface area contributed by atoms with Gasteiger partial charge >= 0.3 is 6.18 Å². The second-order valence-corrected chi connectivity index (χ2v) is 5.53. The largest absolute Gasteiger partial charge is 0.416 e. The molecule has 2 aromatic rings. The Balaban J connectivity index is 2.28. The summed E-state index contributed by atoms with van der Waals surface area (Å²) in [6.45, 7) is 1.69. The lowest BCUT2D eigenvalue weighted by Gasteiger charge is -2.18. The third-order valence-corrected chi connectivity index (χ3v) is 3.44. The molecule has 0 spiro atoms. The maximum atomic E-state index is 13.7. The standard InChI is InChI=1S/C15H12BrF4N/c1-9(13-4-2-3-5-14(13)17)21-12-7-10(15(18,19)20)6-11(16)8-12/h2-9,21H,1H3. The van der Waals surface area contributed by atoms with E-state index in [1.54, 1.807) is 25.1 Å². The third kappa shape index (κ3) is 3.97. The number of hydrogen-bond donors (Lipinski definition) is 1. The lowest BCUT2D eigenvalue weighted by molar-refractivity contribution is -0.137. The van der Waals surface area contributed by atoms with Gasteiger partial charge in [-0.25, -0.2) is 4.39 Å². The minimum absolute atomic E-state index is 0.271. The topological polar surface area (TPSA) is 12.0 Å². The first kappa shape index (κ1) is 15.8. The maximum Gasteiger partial charge on any atom is 0.416 e. The van der Waals surface area contributed by atoms with Gasteiger partial charge in [0.15, 0.2) is 0 Å². The number of benzene rings is 2. The van der Waals surface area contributed by atoms with Crippen molar-refractivity contribution in [2.75, 3.05) is 5.32 Å². The van der Waals surface area contributed by atoms with Crippen molar-refractivity contribution < 1.29 is 17.6 Å². The second kappa shape index (κ2) is 6.05. The average molecular weight is 362 g/mol. The summed E-state index contributed by atoms with van der Waals surface area (Å²) in [6.07, 6.45) is -4.43. The molecule has 6 heteroatoms. The fourth-order valence-electron chi connectivity index (χ4n) is 1.99. The fraction of sp³-hybridized carbons (Fsp3) is 0.200. The highest BCUT2D eigenvalue weighted by molar-refractivity contribution is 9.10. The van der Waals surface area contributed by atoms with E-state index in [2.05, 4.69) is 21.2 Å². The van der Waals surface area contributed by atoms with Crippen LogP contribution in [0.15, 0.2) is 46.9 Å². The monoisotopic (exact) mass is 361 g/mol. The number of halogens is 5. The van der Waals surface area contributed by atoms with Crippen molar-refractivity contribution in [3.63, 3.8) is 0 Å². The molecule has 0 aliphatic carbocycles. The van der Waals surface area contributed by atoms with Crippen LogP contribution in [-0.4, -0.2) is 0 Å². The molecule has 0 radical (unpaired) electrons. The van der Waals surface area contributed by atoms with Crippen molar-refractivity contribution in [3.8, 4) is 0 Å². The van der Waals surface area contributed by atoms with Gasteiger partial charge in [0.1, 0.15) is 5.82 Å². The Hall–Kier alpha value is -1.56. The van der Waals surface area contributed by atoms with Crippen LogP contribution < -0.4 is 5.32 Å². The van der Waals surface area contributed by atoms with Gasteiger partial charge in [-0.05, 0) is 31.2 Å². The SMILES string of the molecule is CC(Nc1cc(Br)cc(C(F)(F)F)c1)c1ccccc1F. The Kier molecular flexibility index (Phi) is 4.56. The van der Waals surface area contributed by atoms with Gasteiger partial charge in [0.2, 0.25) is 0 Å². The summed E-state index contributed by atoms with van der Waals surface area (Å²) in [6, 6.07) is 9.21. The van der Waals surface area contributed by atoms with Crippen LogP contribution in [0.1, 0.15) is 24.1 Å². The quantitative estimate of drug-likeness (QED) is 0.683. The number of nitrogens with one attached hydrogen (secondary N) is 1. The Bertz CT molecular complexity index is 640. The molecule has 0 aliphatic heterocycles. The summed E-state index contributed by atoms with van der Waals surface area (Å²) >= 11 is 3.05. The Morgan fingerprint density at radius 3 is 2.38 bits per heavy atom. The van der Waals surface area contributed by atoms with Crippen molar-refractivity contribution >= 4 is 21.6 Å². The molecule has 0 saturated heterocycles. The maximum absolute atomic E-state index is 13.7. The van der Waals surface area contributed by atoms with Crippen molar-refractivity contribution in [1.29, 1.82) is 0 Å². The zero-order valence-electron chi connectivity index (χ0n) is 11.0. The number of rotatable bonds is 3. The molecule has 2 rings (SSSR count). The summed E-state index contributed by atoms with van der Waals surface area (Å²) in [7, 11) is 0. The van der Waals surface area contributed by atoms with Crippen LogP contribution in [0.5, 0.6) is 0 Å². The predicted molar refractivity (Wildman–Crippen MR) is 77.6 cm³/mol. The summed E-state index contributed by atoms with van der Waals surface area (Å²) in [5.41, 5.74) is -0.0985. The molecule has 2 aromatic carbocycles.